The fourth-order valence-corrected chi connectivity index (χ4v) is 4.68. The normalized spacial score (nSPS) is 19.4. The van der Waals surface area contributed by atoms with Crippen LogP contribution in [0.2, 0.25) is 0 Å². The molecule has 2 aromatic heterocycles. The van der Waals surface area contributed by atoms with Crippen molar-refractivity contribution < 1.29 is 13.2 Å². The van der Waals surface area contributed by atoms with Gasteiger partial charge in [0.15, 0.2) is 5.03 Å². The van der Waals surface area contributed by atoms with E-state index in [1.165, 1.54) is 16.8 Å². The maximum Gasteiger partial charge on any atom is 0.262 e. The molecule has 4 rings (SSSR count). The summed E-state index contributed by atoms with van der Waals surface area (Å²) in [5, 5.41) is 0.0927. The Kier molecular flexibility index (Phi) is 4.98. The van der Waals surface area contributed by atoms with Crippen LogP contribution in [0.5, 0.6) is 0 Å². The van der Waals surface area contributed by atoms with Gasteiger partial charge in [0.1, 0.15) is 18.0 Å². The van der Waals surface area contributed by atoms with Gasteiger partial charge in [0.05, 0.1) is 19.5 Å². The summed E-state index contributed by atoms with van der Waals surface area (Å²) in [6.07, 6.45) is 4.59. The lowest BCUT2D eigenvalue weighted by Gasteiger charge is -2.35. The minimum absolute atomic E-state index is 0.0927. The van der Waals surface area contributed by atoms with Crippen LogP contribution in [-0.2, 0) is 21.8 Å². The smallest absolute Gasteiger partial charge is 0.262 e. The fourth-order valence-electron chi connectivity index (χ4n) is 3.29. The molecule has 27 heavy (non-hydrogen) atoms. The van der Waals surface area contributed by atoms with Gasteiger partial charge in [-0.05, 0) is 0 Å². The number of aromatic nitrogens is 4. The number of sulfonamides is 1. The average molecular weight is 393 g/mol. The third kappa shape index (κ3) is 3.75. The molecule has 0 bridgehead atoms. The van der Waals surface area contributed by atoms with Crippen molar-refractivity contribution in [1.29, 1.82) is 0 Å². The Bertz CT molecular complexity index is 887. The third-order valence-corrected chi connectivity index (χ3v) is 6.61. The van der Waals surface area contributed by atoms with E-state index >= 15 is 0 Å². The first-order chi connectivity index (χ1) is 13.0. The summed E-state index contributed by atoms with van der Waals surface area (Å²) in [7, 11) is -1.80. The Morgan fingerprint density at radius 1 is 0.926 bits per heavy atom. The van der Waals surface area contributed by atoms with Crippen LogP contribution in [0.3, 0.4) is 0 Å². The second kappa shape index (κ2) is 7.41. The second-order valence-electron chi connectivity index (χ2n) is 6.60. The highest BCUT2D eigenvalue weighted by atomic mass is 32.2. The van der Waals surface area contributed by atoms with E-state index in [0.29, 0.717) is 39.4 Å². The van der Waals surface area contributed by atoms with E-state index in [1.807, 2.05) is 6.07 Å². The highest BCUT2D eigenvalue weighted by molar-refractivity contribution is 7.89. The molecule has 2 aromatic rings. The van der Waals surface area contributed by atoms with Crippen molar-refractivity contribution in [2.75, 3.05) is 62.3 Å². The molecule has 0 N–H and O–H groups in total. The van der Waals surface area contributed by atoms with Gasteiger partial charge in [-0.15, -0.1) is 0 Å². The number of aryl methyl sites for hydroxylation is 1. The topological polar surface area (TPSA) is 96.7 Å². The van der Waals surface area contributed by atoms with Crippen LogP contribution < -0.4 is 9.80 Å². The zero-order valence-corrected chi connectivity index (χ0v) is 16.0. The van der Waals surface area contributed by atoms with Crippen molar-refractivity contribution in [1.82, 2.24) is 23.8 Å². The summed E-state index contributed by atoms with van der Waals surface area (Å²) < 4.78 is 33.9. The van der Waals surface area contributed by atoms with Crippen LogP contribution in [0.1, 0.15) is 0 Å². The Labute approximate surface area is 158 Å². The molecular weight excluding hydrogens is 370 g/mol. The van der Waals surface area contributed by atoms with Crippen molar-refractivity contribution in [3.63, 3.8) is 0 Å². The Balaban J connectivity index is 1.43. The highest BCUT2D eigenvalue weighted by Gasteiger charge is 2.30. The second-order valence-corrected chi connectivity index (χ2v) is 8.49. The van der Waals surface area contributed by atoms with Crippen LogP contribution in [0.4, 0.5) is 11.6 Å². The molecule has 0 saturated carbocycles. The van der Waals surface area contributed by atoms with E-state index in [4.69, 9.17) is 4.74 Å². The molecule has 4 heterocycles. The summed E-state index contributed by atoms with van der Waals surface area (Å²) in [5.74, 6) is 1.70. The molecule has 11 heteroatoms. The predicted molar refractivity (Wildman–Crippen MR) is 99.2 cm³/mol. The fraction of sp³-hybridized carbons (Fsp3) is 0.562. The van der Waals surface area contributed by atoms with Crippen molar-refractivity contribution >= 4 is 21.7 Å². The number of anilines is 2. The van der Waals surface area contributed by atoms with Crippen molar-refractivity contribution in [2.24, 2.45) is 7.05 Å². The molecule has 2 aliphatic heterocycles. The average Bonchev–Trinajstić information content (AvgIpc) is 3.16. The first-order valence-electron chi connectivity index (χ1n) is 8.92. The zero-order chi connectivity index (χ0) is 18.9. The van der Waals surface area contributed by atoms with Gasteiger partial charge in [0, 0.05) is 58.6 Å². The van der Waals surface area contributed by atoms with Gasteiger partial charge in [-0.25, -0.2) is 23.4 Å². The van der Waals surface area contributed by atoms with Crippen LogP contribution in [-0.4, -0.2) is 84.7 Å². The van der Waals surface area contributed by atoms with Gasteiger partial charge < -0.3 is 19.1 Å². The highest BCUT2D eigenvalue weighted by Crippen LogP contribution is 2.22. The maximum absolute atomic E-state index is 12.7. The molecule has 146 valence electrons. The van der Waals surface area contributed by atoms with E-state index < -0.39 is 10.0 Å². The Hall–Kier alpha value is -2.24. The molecule has 2 fully saturated rings. The van der Waals surface area contributed by atoms with Crippen LogP contribution in [0.15, 0.2) is 29.9 Å². The van der Waals surface area contributed by atoms with Crippen LogP contribution in [0.25, 0.3) is 0 Å². The number of morpholine rings is 1. The molecule has 0 spiro atoms. The van der Waals surface area contributed by atoms with E-state index in [1.54, 1.807) is 17.9 Å². The largest absolute Gasteiger partial charge is 0.378 e. The molecule has 0 aromatic carbocycles. The number of hydrogen-bond donors (Lipinski definition) is 0. The molecular formula is C16H23N7O3S. The minimum atomic E-state index is -3.55. The summed E-state index contributed by atoms with van der Waals surface area (Å²) in [5.41, 5.74) is 0. The Morgan fingerprint density at radius 3 is 2.15 bits per heavy atom. The number of nitrogens with zero attached hydrogens (tertiary/aromatic N) is 7. The third-order valence-electron chi connectivity index (χ3n) is 4.82. The standard InChI is InChI=1S/C16H23N7O3S/c1-20-11-16(19-13-20)27(24,25)23-4-2-21(3-5-23)14-10-15(18-12-17-14)22-6-8-26-9-7-22/h10-13H,2-9H2,1H3. The summed E-state index contributed by atoms with van der Waals surface area (Å²) in [6.45, 7) is 4.97. The lowest BCUT2D eigenvalue weighted by molar-refractivity contribution is 0.122. The SMILES string of the molecule is Cn1cnc(S(=O)(=O)N2CCN(c3cc(N4CCOCC4)ncn3)CC2)c1. The lowest BCUT2D eigenvalue weighted by atomic mass is 10.3. The molecule has 0 amide bonds. The van der Waals surface area contributed by atoms with Crippen molar-refractivity contribution in [2.45, 2.75) is 5.03 Å². The van der Waals surface area contributed by atoms with Gasteiger partial charge in [-0.2, -0.15) is 4.31 Å². The van der Waals surface area contributed by atoms with E-state index in [2.05, 4.69) is 24.8 Å². The number of rotatable bonds is 4. The number of hydrogen-bond acceptors (Lipinski definition) is 8. The molecule has 2 saturated heterocycles. The molecule has 0 atom stereocenters. The monoisotopic (exact) mass is 393 g/mol. The van der Waals surface area contributed by atoms with Crippen LogP contribution in [0, 0.1) is 0 Å². The van der Waals surface area contributed by atoms with E-state index in [-0.39, 0.29) is 5.03 Å². The first-order valence-corrected chi connectivity index (χ1v) is 10.4. The van der Waals surface area contributed by atoms with Gasteiger partial charge >= 0.3 is 0 Å². The minimum Gasteiger partial charge on any atom is -0.378 e. The summed E-state index contributed by atoms with van der Waals surface area (Å²) in [6, 6.07) is 1.97. The Morgan fingerprint density at radius 2 is 1.56 bits per heavy atom. The van der Waals surface area contributed by atoms with Crippen molar-refractivity contribution in [3.05, 3.63) is 24.9 Å². The maximum atomic E-state index is 12.7. The van der Waals surface area contributed by atoms with Gasteiger partial charge in [-0.1, -0.05) is 0 Å². The van der Waals surface area contributed by atoms with E-state index in [9.17, 15) is 8.42 Å². The van der Waals surface area contributed by atoms with Gasteiger partial charge in [-0.3, -0.25) is 0 Å². The molecule has 0 aliphatic carbocycles. The van der Waals surface area contributed by atoms with Gasteiger partial charge in [0.25, 0.3) is 10.0 Å². The molecule has 0 unspecified atom stereocenters. The predicted octanol–water partition coefficient (Wildman–Crippen LogP) is -0.442. The van der Waals surface area contributed by atoms with E-state index in [0.717, 1.165) is 24.7 Å². The molecule has 0 radical (unpaired) electrons. The number of ether oxygens (including phenoxy) is 1. The summed E-state index contributed by atoms with van der Waals surface area (Å²) in [4.78, 5) is 17.0. The molecule has 2 aliphatic rings. The zero-order valence-electron chi connectivity index (χ0n) is 15.2. The molecule has 10 nitrogen and oxygen atoms in total. The quantitative estimate of drug-likeness (QED) is 0.690. The lowest BCUT2D eigenvalue weighted by Crippen LogP contribution is -2.49. The summed E-state index contributed by atoms with van der Waals surface area (Å²) >= 11 is 0. The van der Waals surface area contributed by atoms with Gasteiger partial charge in [0.2, 0.25) is 0 Å². The number of imidazole rings is 1. The first kappa shape index (κ1) is 18.1. The van der Waals surface area contributed by atoms with Crippen LogP contribution >= 0.6 is 0 Å². The number of piperazine rings is 1. The van der Waals surface area contributed by atoms with Crippen molar-refractivity contribution in [3.8, 4) is 0 Å².